The van der Waals surface area contributed by atoms with Crippen molar-refractivity contribution in [3.63, 3.8) is 0 Å². The summed E-state index contributed by atoms with van der Waals surface area (Å²) < 4.78 is 16.6. The molecule has 0 saturated carbocycles. The molecule has 0 fully saturated rings. The number of hydrogen-bond acceptors (Lipinski definition) is 5. The molecule has 5 heteroatoms. The van der Waals surface area contributed by atoms with Gasteiger partial charge in [0.25, 0.3) is 0 Å². The number of aliphatic hydroxyl groups is 1. The van der Waals surface area contributed by atoms with Crippen LogP contribution in [0, 0.1) is 5.92 Å². The molecule has 1 aliphatic rings. The van der Waals surface area contributed by atoms with Gasteiger partial charge in [0, 0.05) is 5.57 Å². The number of fused-ring (bicyclic) bond motifs is 1. The number of benzene rings is 1. The van der Waals surface area contributed by atoms with Crippen LogP contribution in [0.3, 0.4) is 0 Å². The molecule has 1 aromatic rings. The van der Waals surface area contributed by atoms with E-state index in [1.807, 2.05) is 6.07 Å². The van der Waals surface area contributed by atoms with Gasteiger partial charge >= 0.3 is 5.97 Å². The summed E-state index contributed by atoms with van der Waals surface area (Å²) in [4.78, 5) is 12.5. The van der Waals surface area contributed by atoms with Gasteiger partial charge in [-0.1, -0.05) is 39.1 Å². The second-order valence-corrected chi connectivity index (χ2v) is 6.25. The van der Waals surface area contributed by atoms with E-state index in [0.29, 0.717) is 17.2 Å². The maximum absolute atomic E-state index is 12.5. The number of carbonyl (C=O) groups excluding carboxylic acids is 1. The van der Waals surface area contributed by atoms with Gasteiger partial charge in [0.2, 0.25) is 0 Å². The van der Waals surface area contributed by atoms with Crippen molar-refractivity contribution in [1.29, 1.82) is 0 Å². The van der Waals surface area contributed by atoms with Crippen molar-refractivity contribution in [1.82, 2.24) is 0 Å². The van der Waals surface area contributed by atoms with Gasteiger partial charge in [0.1, 0.15) is 23.7 Å². The van der Waals surface area contributed by atoms with E-state index in [1.165, 1.54) is 13.2 Å². The predicted molar refractivity (Wildman–Crippen MR) is 96.1 cm³/mol. The molecule has 134 valence electrons. The topological polar surface area (TPSA) is 65.0 Å². The Morgan fingerprint density at radius 3 is 2.72 bits per heavy atom. The Hall–Kier alpha value is -2.69. The third-order valence-electron chi connectivity index (χ3n) is 3.97. The normalized spacial score (nSPS) is 17.0. The maximum Gasteiger partial charge on any atom is 0.346 e. The van der Waals surface area contributed by atoms with Crippen LogP contribution in [0.2, 0.25) is 0 Å². The maximum atomic E-state index is 12.5. The highest BCUT2D eigenvalue weighted by atomic mass is 16.5. The molecule has 1 heterocycles. The van der Waals surface area contributed by atoms with E-state index in [2.05, 4.69) is 27.0 Å². The number of aryl methyl sites for hydroxylation is 1. The largest absolute Gasteiger partial charge is 0.505 e. The quantitative estimate of drug-likeness (QED) is 0.614. The molecule has 1 N–H and O–H groups in total. The lowest BCUT2D eigenvalue weighted by Gasteiger charge is -2.22. The van der Waals surface area contributed by atoms with Crippen LogP contribution >= 0.6 is 0 Å². The van der Waals surface area contributed by atoms with Gasteiger partial charge in [-0.05, 0) is 30.4 Å². The molecule has 2 rings (SSSR count). The summed E-state index contributed by atoms with van der Waals surface area (Å²) in [5, 5.41) is 9.82. The van der Waals surface area contributed by atoms with E-state index in [1.54, 1.807) is 6.07 Å². The van der Waals surface area contributed by atoms with Crippen LogP contribution in [0.4, 0.5) is 0 Å². The second-order valence-electron chi connectivity index (χ2n) is 6.25. The molecule has 25 heavy (non-hydrogen) atoms. The molecule has 0 saturated heterocycles. The zero-order valence-corrected chi connectivity index (χ0v) is 14.9. The van der Waals surface area contributed by atoms with E-state index in [9.17, 15) is 9.90 Å². The van der Waals surface area contributed by atoms with Crippen molar-refractivity contribution in [2.75, 3.05) is 13.7 Å². The van der Waals surface area contributed by atoms with Crippen molar-refractivity contribution < 1.29 is 24.1 Å². The van der Waals surface area contributed by atoms with E-state index >= 15 is 0 Å². The molecule has 0 unspecified atom stereocenters. The minimum atomic E-state index is -0.541. The Labute approximate surface area is 148 Å². The number of cyclic esters (lactones) is 1. The summed E-state index contributed by atoms with van der Waals surface area (Å²) in [6.45, 7) is 11.4. The number of esters is 1. The zero-order valence-electron chi connectivity index (χ0n) is 14.9. The lowest BCUT2D eigenvalue weighted by Crippen LogP contribution is -2.18. The molecular formula is C20H24O5. The summed E-state index contributed by atoms with van der Waals surface area (Å²) in [5.74, 6) is 0.535. The molecule has 1 aromatic carbocycles. The van der Waals surface area contributed by atoms with Crippen molar-refractivity contribution in [2.45, 2.75) is 26.7 Å². The Bertz CT molecular complexity index is 728. The molecule has 1 aliphatic heterocycles. The Balaban J connectivity index is 2.56. The Kier molecular flexibility index (Phi) is 5.91. The van der Waals surface area contributed by atoms with Gasteiger partial charge in [-0.2, -0.15) is 0 Å². The first-order valence-electron chi connectivity index (χ1n) is 8.17. The van der Waals surface area contributed by atoms with Crippen LogP contribution in [0.1, 0.15) is 36.2 Å². The fraction of sp³-hybridized carbons (Fsp3) is 0.350. The highest BCUT2D eigenvalue weighted by Gasteiger charge is 2.27. The molecule has 0 radical (unpaired) electrons. The van der Waals surface area contributed by atoms with Crippen LogP contribution in [-0.4, -0.2) is 24.8 Å². The van der Waals surface area contributed by atoms with Crippen molar-refractivity contribution in [3.05, 3.63) is 59.6 Å². The van der Waals surface area contributed by atoms with Crippen LogP contribution in [0.15, 0.2) is 48.5 Å². The molecule has 0 bridgehead atoms. The highest BCUT2D eigenvalue weighted by Crippen LogP contribution is 2.37. The first kappa shape index (κ1) is 18.6. The molecule has 0 atom stereocenters. The van der Waals surface area contributed by atoms with Crippen LogP contribution < -0.4 is 9.47 Å². The third-order valence-corrected chi connectivity index (χ3v) is 3.97. The third kappa shape index (κ3) is 4.05. The molecular weight excluding hydrogens is 320 g/mol. The standard InChI is InChI=1S/C20H24O5/c1-6-14-11-24-20(22)17-16(25-18(14)13(4)21)10-9-15(19(17)23-5)8-7-12(2)3/h6,9-10,12,21H,1,4,7-8,11H2,2-3,5H3/b18-14-. The molecule has 5 nitrogen and oxygen atoms in total. The van der Waals surface area contributed by atoms with Gasteiger partial charge in [-0.25, -0.2) is 4.79 Å². The summed E-state index contributed by atoms with van der Waals surface area (Å²) in [5.41, 5.74) is 1.56. The lowest BCUT2D eigenvalue weighted by atomic mass is 9.99. The molecule has 0 spiro atoms. The summed E-state index contributed by atoms with van der Waals surface area (Å²) in [6, 6.07) is 3.55. The summed E-state index contributed by atoms with van der Waals surface area (Å²) in [6.07, 6.45) is 3.20. The minimum Gasteiger partial charge on any atom is -0.505 e. The van der Waals surface area contributed by atoms with E-state index in [4.69, 9.17) is 14.2 Å². The van der Waals surface area contributed by atoms with Crippen molar-refractivity contribution in [2.24, 2.45) is 5.92 Å². The van der Waals surface area contributed by atoms with Gasteiger partial charge in [-0.3, -0.25) is 0 Å². The summed E-state index contributed by atoms with van der Waals surface area (Å²) >= 11 is 0. The van der Waals surface area contributed by atoms with Crippen LogP contribution in [-0.2, 0) is 11.2 Å². The van der Waals surface area contributed by atoms with Gasteiger partial charge in [0.15, 0.2) is 11.5 Å². The number of ether oxygens (including phenoxy) is 3. The fourth-order valence-corrected chi connectivity index (χ4v) is 2.61. The number of rotatable bonds is 6. The average molecular weight is 344 g/mol. The smallest absolute Gasteiger partial charge is 0.346 e. The molecule has 0 aliphatic carbocycles. The lowest BCUT2D eigenvalue weighted by molar-refractivity contribution is 0.0524. The number of hydrogen-bond donors (Lipinski definition) is 1. The Morgan fingerprint density at radius 1 is 1.44 bits per heavy atom. The van der Waals surface area contributed by atoms with Crippen molar-refractivity contribution in [3.8, 4) is 11.5 Å². The fourth-order valence-electron chi connectivity index (χ4n) is 2.61. The summed E-state index contributed by atoms with van der Waals surface area (Å²) in [7, 11) is 1.51. The average Bonchev–Trinajstić information content (AvgIpc) is 2.56. The molecule has 0 aromatic heterocycles. The second kappa shape index (κ2) is 7.92. The van der Waals surface area contributed by atoms with E-state index in [0.717, 1.165) is 18.4 Å². The SMILES string of the molecule is C=C/C1=C(\C(=C)O)Oc2ccc(CCC(C)C)c(OC)c2C(=O)OC1. The Morgan fingerprint density at radius 2 is 2.16 bits per heavy atom. The predicted octanol–water partition coefficient (Wildman–Crippen LogP) is 4.34. The zero-order chi connectivity index (χ0) is 18.6. The number of aliphatic hydroxyl groups excluding tert-OH is 1. The minimum absolute atomic E-state index is 0.0734. The van der Waals surface area contributed by atoms with Gasteiger partial charge < -0.3 is 19.3 Å². The van der Waals surface area contributed by atoms with Gasteiger partial charge in [0.05, 0.1) is 7.11 Å². The van der Waals surface area contributed by atoms with Gasteiger partial charge in [-0.15, -0.1) is 0 Å². The van der Waals surface area contributed by atoms with E-state index in [-0.39, 0.29) is 29.4 Å². The van der Waals surface area contributed by atoms with Crippen molar-refractivity contribution >= 4 is 5.97 Å². The first-order chi connectivity index (χ1) is 11.9. The number of carbonyl (C=O) groups is 1. The van der Waals surface area contributed by atoms with Crippen LogP contribution in [0.5, 0.6) is 11.5 Å². The highest BCUT2D eigenvalue weighted by molar-refractivity contribution is 5.96. The van der Waals surface area contributed by atoms with E-state index < -0.39 is 5.97 Å². The monoisotopic (exact) mass is 344 g/mol. The first-order valence-corrected chi connectivity index (χ1v) is 8.17. The molecule has 0 amide bonds. The number of methoxy groups -OCH3 is 1. The van der Waals surface area contributed by atoms with Crippen LogP contribution in [0.25, 0.3) is 0 Å².